The number of aliphatic imine (C=N–C) groups is 1. The van der Waals surface area contributed by atoms with Crippen LogP contribution in [0.1, 0.15) is 20.8 Å². The molecule has 3 nitrogen and oxygen atoms in total. The molecular weight excluding hydrogens is 152 g/mol. The van der Waals surface area contributed by atoms with Gasteiger partial charge in [-0.3, -0.25) is 10.3 Å². The number of ether oxygens (including phenoxy) is 1. The van der Waals surface area contributed by atoms with E-state index in [0.29, 0.717) is 5.92 Å². The number of nitrogens with one attached hydrogen (secondary N) is 1. The standard InChI is InChI=1S/C9H18N2O/c1-4-12-9-6-10-8(5-11-9)7(2)3/h7,9,11H,4-6H2,1-3H3. The normalized spacial score (nSPS) is 24.3. The third-order valence-electron chi connectivity index (χ3n) is 2.01. The molecule has 1 N–H and O–H groups in total. The van der Waals surface area contributed by atoms with Gasteiger partial charge in [-0.2, -0.15) is 0 Å². The van der Waals surface area contributed by atoms with Gasteiger partial charge in [0.15, 0.2) is 0 Å². The Morgan fingerprint density at radius 3 is 2.83 bits per heavy atom. The SMILES string of the molecule is CCOC1CN=C(C(C)C)CN1. The van der Waals surface area contributed by atoms with Gasteiger partial charge >= 0.3 is 0 Å². The van der Waals surface area contributed by atoms with Gasteiger partial charge in [-0.1, -0.05) is 13.8 Å². The van der Waals surface area contributed by atoms with Crippen molar-refractivity contribution in [1.29, 1.82) is 0 Å². The zero-order chi connectivity index (χ0) is 8.97. The highest BCUT2D eigenvalue weighted by Gasteiger charge is 2.15. The monoisotopic (exact) mass is 170 g/mol. The highest BCUT2D eigenvalue weighted by Crippen LogP contribution is 2.03. The molecule has 70 valence electrons. The minimum Gasteiger partial charge on any atom is -0.362 e. The maximum atomic E-state index is 5.39. The van der Waals surface area contributed by atoms with Gasteiger partial charge in [-0.05, 0) is 12.8 Å². The van der Waals surface area contributed by atoms with Crippen molar-refractivity contribution in [2.24, 2.45) is 10.9 Å². The van der Waals surface area contributed by atoms with Crippen molar-refractivity contribution in [2.75, 3.05) is 19.7 Å². The molecule has 0 aromatic heterocycles. The summed E-state index contributed by atoms with van der Waals surface area (Å²) in [6, 6.07) is 0. The van der Waals surface area contributed by atoms with Crippen LogP contribution in [0, 0.1) is 5.92 Å². The molecule has 0 bridgehead atoms. The quantitative estimate of drug-likeness (QED) is 0.687. The smallest absolute Gasteiger partial charge is 0.128 e. The molecule has 1 rings (SSSR count). The summed E-state index contributed by atoms with van der Waals surface area (Å²) in [5, 5.41) is 3.30. The van der Waals surface area contributed by atoms with Crippen molar-refractivity contribution >= 4 is 5.71 Å². The number of hydrogen-bond donors (Lipinski definition) is 1. The average Bonchev–Trinajstić information content (AvgIpc) is 2.06. The van der Waals surface area contributed by atoms with E-state index < -0.39 is 0 Å². The molecule has 0 spiro atoms. The largest absolute Gasteiger partial charge is 0.362 e. The predicted molar refractivity (Wildman–Crippen MR) is 50.6 cm³/mol. The number of hydrogen-bond acceptors (Lipinski definition) is 3. The van der Waals surface area contributed by atoms with Gasteiger partial charge < -0.3 is 4.74 Å². The lowest BCUT2D eigenvalue weighted by molar-refractivity contribution is 0.0453. The lowest BCUT2D eigenvalue weighted by Crippen LogP contribution is -2.43. The van der Waals surface area contributed by atoms with Gasteiger partial charge in [-0.15, -0.1) is 0 Å². The lowest BCUT2D eigenvalue weighted by Gasteiger charge is -2.24. The van der Waals surface area contributed by atoms with E-state index in [4.69, 9.17) is 4.74 Å². The van der Waals surface area contributed by atoms with Crippen LogP contribution < -0.4 is 5.32 Å². The van der Waals surface area contributed by atoms with E-state index >= 15 is 0 Å². The van der Waals surface area contributed by atoms with Crippen LogP contribution in [0.2, 0.25) is 0 Å². The summed E-state index contributed by atoms with van der Waals surface area (Å²) in [6.45, 7) is 8.74. The molecule has 0 aromatic carbocycles. The fraction of sp³-hybridized carbons (Fsp3) is 0.889. The fourth-order valence-corrected chi connectivity index (χ4v) is 1.24. The lowest BCUT2D eigenvalue weighted by atomic mass is 10.1. The molecule has 1 atom stereocenters. The Kier molecular flexibility index (Phi) is 3.69. The Bertz CT molecular complexity index is 166. The van der Waals surface area contributed by atoms with Crippen LogP contribution in [0.15, 0.2) is 4.99 Å². The summed E-state index contributed by atoms with van der Waals surface area (Å²) >= 11 is 0. The fourth-order valence-electron chi connectivity index (χ4n) is 1.24. The van der Waals surface area contributed by atoms with E-state index in [9.17, 15) is 0 Å². The van der Waals surface area contributed by atoms with E-state index in [0.717, 1.165) is 19.7 Å². The Morgan fingerprint density at radius 1 is 1.67 bits per heavy atom. The second kappa shape index (κ2) is 4.58. The van der Waals surface area contributed by atoms with Crippen molar-refractivity contribution in [3.05, 3.63) is 0 Å². The Balaban J connectivity index is 2.37. The van der Waals surface area contributed by atoms with Crippen molar-refractivity contribution < 1.29 is 4.74 Å². The summed E-state index contributed by atoms with van der Waals surface area (Å²) in [6.07, 6.45) is 0.137. The molecule has 1 unspecified atom stereocenters. The summed E-state index contributed by atoms with van der Waals surface area (Å²) in [5.41, 5.74) is 1.26. The molecule has 0 fully saturated rings. The van der Waals surface area contributed by atoms with Gasteiger partial charge in [0.25, 0.3) is 0 Å². The third kappa shape index (κ3) is 2.57. The molecule has 0 aromatic rings. The first-order valence-corrected chi connectivity index (χ1v) is 4.62. The second-order valence-corrected chi connectivity index (χ2v) is 3.31. The first-order chi connectivity index (χ1) is 5.74. The molecule has 0 radical (unpaired) electrons. The zero-order valence-corrected chi connectivity index (χ0v) is 8.13. The van der Waals surface area contributed by atoms with Crippen LogP contribution in [-0.2, 0) is 4.74 Å². The van der Waals surface area contributed by atoms with E-state index in [1.807, 2.05) is 6.92 Å². The summed E-state index contributed by atoms with van der Waals surface area (Å²) in [5.74, 6) is 0.556. The topological polar surface area (TPSA) is 33.6 Å². The molecule has 1 aliphatic rings. The highest BCUT2D eigenvalue weighted by atomic mass is 16.5. The maximum absolute atomic E-state index is 5.39. The third-order valence-corrected chi connectivity index (χ3v) is 2.01. The van der Waals surface area contributed by atoms with Crippen molar-refractivity contribution in [1.82, 2.24) is 5.32 Å². The Hall–Kier alpha value is -0.410. The van der Waals surface area contributed by atoms with Crippen LogP contribution in [-0.4, -0.2) is 31.6 Å². The first kappa shape index (κ1) is 9.68. The summed E-state index contributed by atoms with van der Waals surface area (Å²) in [7, 11) is 0. The molecule has 0 amide bonds. The summed E-state index contributed by atoms with van der Waals surface area (Å²) in [4.78, 5) is 4.46. The molecular formula is C9H18N2O. The minimum absolute atomic E-state index is 0.137. The number of nitrogens with zero attached hydrogens (tertiary/aromatic N) is 1. The van der Waals surface area contributed by atoms with Gasteiger partial charge in [0, 0.05) is 18.9 Å². The van der Waals surface area contributed by atoms with Crippen molar-refractivity contribution in [3.8, 4) is 0 Å². The zero-order valence-electron chi connectivity index (χ0n) is 8.13. The molecule has 1 aliphatic heterocycles. The minimum atomic E-state index is 0.137. The van der Waals surface area contributed by atoms with Crippen LogP contribution >= 0.6 is 0 Å². The van der Waals surface area contributed by atoms with Gasteiger partial charge in [0.05, 0.1) is 6.54 Å². The summed E-state index contributed by atoms with van der Waals surface area (Å²) < 4.78 is 5.39. The maximum Gasteiger partial charge on any atom is 0.128 e. The molecule has 1 heterocycles. The van der Waals surface area contributed by atoms with Gasteiger partial charge in [-0.25, -0.2) is 0 Å². The number of rotatable bonds is 3. The highest BCUT2D eigenvalue weighted by molar-refractivity contribution is 5.88. The Labute approximate surface area is 74.2 Å². The van der Waals surface area contributed by atoms with E-state index in [1.54, 1.807) is 0 Å². The van der Waals surface area contributed by atoms with E-state index in [1.165, 1.54) is 5.71 Å². The molecule has 12 heavy (non-hydrogen) atoms. The second-order valence-electron chi connectivity index (χ2n) is 3.31. The van der Waals surface area contributed by atoms with E-state index in [-0.39, 0.29) is 6.23 Å². The van der Waals surface area contributed by atoms with Crippen LogP contribution in [0.3, 0.4) is 0 Å². The van der Waals surface area contributed by atoms with Crippen LogP contribution in [0.25, 0.3) is 0 Å². The van der Waals surface area contributed by atoms with E-state index in [2.05, 4.69) is 24.2 Å². The molecule has 0 saturated carbocycles. The molecule has 0 saturated heterocycles. The van der Waals surface area contributed by atoms with Gasteiger partial charge in [0.2, 0.25) is 0 Å². The van der Waals surface area contributed by atoms with Crippen LogP contribution in [0.4, 0.5) is 0 Å². The van der Waals surface area contributed by atoms with Gasteiger partial charge in [0.1, 0.15) is 6.23 Å². The predicted octanol–water partition coefficient (Wildman–Crippen LogP) is 1.05. The van der Waals surface area contributed by atoms with Crippen molar-refractivity contribution in [3.63, 3.8) is 0 Å². The molecule has 3 heteroatoms. The first-order valence-electron chi connectivity index (χ1n) is 4.62. The average molecular weight is 170 g/mol. The van der Waals surface area contributed by atoms with Crippen molar-refractivity contribution in [2.45, 2.75) is 27.0 Å². The molecule has 0 aliphatic carbocycles. The van der Waals surface area contributed by atoms with Crippen LogP contribution in [0.5, 0.6) is 0 Å². The Morgan fingerprint density at radius 2 is 2.42 bits per heavy atom.